The summed E-state index contributed by atoms with van der Waals surface area (Å²) in [4.78, 5) is 45.3. The molecule has 0 radical (unpaired) electrons. The van der Waals surface area contributed by atoms with Crippen molar-refractivity contribution < 1.29 is 57.7 Å². The Bertz CT molecular complexity index is 1980. The molecule has 4 aromatic heterocycles. The van der Waals surface area contributed by atoms with Crippen LogP contribution in [0.5, 0.6) is 0 Å². The highest BCUT2D eigenvalue weighted by Gasteiger charge is 2.78. The zero-order valence-electron chi connectivity index (χ0n) is 24.5. The number of imidazole rings is 2. The summed E-state index contributed by atoms with van der Waals surface area (Å²) in [5.74, 6) is -2.53. The number of fused-ring (bicyclic) bond motifs is 4. The molecule has 0 amide bonds. The minimum absolute atomic E-state index is 0.0391. The van der Waals surface area contributed by atoms with E-state index in [-0.39, 0.29) is 22.8 Å². The molecule has 256 valence electrons. The van der Waals surface area contributed by atoms with Gasteiger partial charge in [0.25, 0.3) is 6.35 Å². The first-order chi connectivity index (χ1) is 22.9. The lowest BCUT2D eigenvalue weighted by atomic mass is 9.92. The predicted octanol–water partition coefficient (Wildman–Crippen LogP) is -2.46. The Kier molecular flexibility index (Phi) is 7.35. The van der Waals surface area contributed by atoms with Gasteiger partial charge in [-0.05, 0) is 4.57 Å². The maximum atomic E-state index is 13.8. The molecule has 3 saturated heterocycles. The van der Waals surface area contributed by atoms with E-state index in [2.05, 4.69) is 29.9 Å². The van der Waals surface area contributed by atoms with E-state index < -0.39 is 101 Å². The Morgan fingerprint density at radius 1 is 1.02 bits per heavy atom. The number of aliphatic hydroxyl groups is 3. The number of aromatic nitrogens is 8. The first kappa shape index (κ1) is 31.9. The van der Waals surface area contributed by atoms with Gasteiger partial charge >= 0.3 is 15.6 Å². The SMILES string of the molecule is Nc1ncnc2c1ncn2[C@H]1C2[C@@H](OC[P+](=O)O)[C@@H](COP(=O)(O)CC3(n4cnc5c(N)ncnc54)OC4C(O)[C@@H](CO)O[C@H]43)OC21O. The third kappa shape index (κ3) is 4.68. The van der Waals surface area contributed by atoms with Gasteiger partial charge in [0, 0.05) is 0 Å². The molecule has 4 aromatic rings. The molecule has 4 fully saturated rings. The maximum Gasteiger partial charge on any atom is 0.534 e. The van der Waals surface area contributed by atoms with Crippen LogP contribution in [0.4, 0.5) is 11.6 Å². The molecule has 4 aliphatic rings. The molecule has 0 spiro atoms. The highest BCUT2D eigenvalue weighted by Crippen LogP contribution is 2.65. The van der Waals surface area contributed by atoms with Crippen LogP contribution in [-0.4, -0.2) is 132 Å². The Morgan fingerprint density at radius 2 is 1.71 bits per heavy atom. The van der Waals surface area contributed by atoms with Gasteiger partial charge in [0.1, 0.15) is 72.5 Å². The number of anilines is 2. The summed E-state index contributed by atoms with van der Waals surface area (Å²) in [6, 6.07) is -0.798. The molecule has 7 unspecified atom stereocenters. The third-order valence-corrected chi connectivity index (χ3v) is 11.0. The zero-order chi connectivity index (χ0) is 33.7. The number of aliphatic hydroxyl groups excluding tert-OH is 2. The van der Waals surface area contributed by atoms with E-state index in [0.29, 0.717) is 11.2 Å². The Balaban J connectivity index is 1.05. The normalized spacial score (nSPS) is 36.9. The summed E-state index contributed by atoms with van der Waals surface area (Å²) in [6.07, 6.45) is -2.81. The molecular formula is C24H29N10O12P2+. The second kappa shape index (κ2) is 11.1. The molecule has 1 aliphatic carbocycles. The van der Waals surface area contributed by atoms with Gasteiger partial charge in [0.15, 0.2) is 34.4 Å². The van der Waals surface area contributed by atoms with Gasteiger partial charge in [-0.15, -0.1) is 0 Å². The van der Waals surface area contributed by atoms with Crippen LogP contribution in [0.1, 0.15) is 6.04 Å². The molecule has 7 heterocycles. The lowest BCUT2D eigenvalue weighted by molar-refractivity contribution is -0.313. The average Bonchev–Trinajstić information content (AvgIpc) is 3.53. The number of hydrogen-bond donors (Lipinski definition) is 7. The van der Waals surface area contributed by atoms with Crippen molar-refractivity contribution in [2.24, 2.45) is 5.92 Å². The van der Waals surface area contributed by atoms with E-state index in [1.54, 1.807) is 0 Å². The highest BCUT2D eigenvalue weighted by molar-refractivity contribution is 7.52. The van der Waals surface area contributed by atoms with Crippen LogP contribution in [0.3, 0.4) is 0 Å². The smallest absolute Gasteiger partial charge is 0.394 e. The summed E-state index contributed by atoms with van der Waals surface area (Å²) >= 11 is 0. The van der Waals surface area contributed by atoms with Gasteiger partial charge in [-0.3, -0.25) is 9.13 Å². The van der Waals surface area contributed by atoms with Crippen molar-refractivity contribution in [1.29, 1.82) is 0 Å². The van der Waals surface area contributed by atoms with E-state index in [1.165, 1.54) is 34.4 Å². The molecule has 12 atom stereocenters. The van der Waals surface area contributed by atoms with Crippen molar-refractivity contribution in [2.45, 2.75) is 54.2 Å². The van der Waals surface area contributed by atoms with Crippen molar-refractivity contribution >= 4 is 49.6 Å². The molecule has 48 heavy (non-hydrogen) atoms. The molecule has 0 bridgehead atoms. The first-order valence-corrected chi connectivity index (χ1v) is 17.7. The quantitative estimate of drug-likeness (QED) is 0.0793. The topological polar surface area (TPSA) is 321 Å². The summed E-state index contributed by atoms with van der Waals surface area (Å²) < 4.78 is 57.3. The Hall–Kier alpha value is -3.37. The van der Waals surface area contributed by atoms with Crippen molar-refractivity contribution in [3.05, 3.63) is 25.3 Å². The second-order valence-corrected chi connectivity index (χ2v) is 14.7. The van der Waals surface area contributed by atoms with Crippen LogP contribution in [-0.2, 0) is 38.3 Å². The van der Waals surface area contributed by atoms with E-state index in [1.807, 2.05) is 0 Å². The average molecular weight is 712 g/mol. The second-order valence-electron chi connectivity index (χ2n) is 11.9. The van der Waals surface area contributed by atoms with Gasteiger partial charge in [-0.25, -0.2) is 29.9 Å². The van der Waals surface area contributed by atoms with Crippen LogP contribution < -0.4 is 11.5 Å². The van der Waals surface area contributed by atoms with Gasteiger partial charge in [-0.1, -0.05) is 0 Å². The zero-order valence-corrected chi connectivity index (χ0v) is 26.3. The first-order valence-electron chi connectivity index (χ1n) is 14.5. The van der Waals surface area contributed by atoms with Crippen LogP contribution >= 0.6 is 15.6 Å². The van der Waals surface area contributed by atoms with Crippen LogP contribution in [0.2, 0.25) is 0 Å². The lowest BCUT2D eigenvalue weighted by Crippen LogP contribution is -2.67. The van der Waals surface area contributed by atoms with Gasteiger partial charge in [0.05, 0.1) is 31.8 Å². The fraction of sp³-hybridized carbons (Fsp3) is 0.583. The molecule has 0 aromatic carbocycles. The number of nitrogens with zero attached hydrogens (tertiary/aromatic N) is 8. The van der Waals surface area contributed by atoms with Crippen LogP contribution in [0.15, 0.2) is 25.3 Å². The van der Waals surface area contributed by atoms with Crippen molar-refractivity contribution in [1.82, 2.24) is 39.0 Å². The van der Waals surface area contributed by atoms with Crippen molar-refractivity contribution in [2.75, 3.05) is 37.2 Å². The summed E-state index contributed by atoms with van der Waals surface area (Å²) in [7, 11) is -7.45. The Morgan fingerprint density at radius 3 is 2.42 bits per heavy atom. The number of ether oxygens (including phenoxy) is 4. The van der Waals surface area contributed by atoms with Crippen molar-refractivity contribution in [3.8, 4) is 0 Å². The van der Waals surface area contributed by atoms with Gasteiger partial charge in [0.2, 0.25) is 0 Å². The minimum atomic E-state index is -4.70. The van der Waals surface area contributed by atoms with E-state index >= 15 is 0 Å². The lowest BCUT2D eigenvalue weighted by Gasteiger charge is -2.51. The molecule has 3 aliphatic heterocycles. The summed E-state index contributed by atoms with van der Waals surface area (Å²) in [5.41, 5.74) is 11.0. The van der Waals surface area contributed by atoms with E-state index in [0.717, 1.165) is 0 Å². The molecule has 9 N–H and O–H groups in total. The number of nitrogens with two attached hydrogens (primary N) is 2. The van der Waals surface area contributed by atoms with Crippen molar-refractivity contribution in [3.63, 3.8) is 0 Å². The molecule has 24 heteroatoms. The van der Waals surface area contributed by atoms with E-state index in [4.69, 9.17) is 34.9 Å². The standard InChI is InChI=1S/C24H28N10O12P2/c25-19-12-21(29-4-27-19)33(6-31-12)17-11-15(42-8-47(38)39)10(45-24(11,17)37)2-43-48(40,41)3-23(18-16(46-23)14(36)9(1-35)44-18)34-7-32-13-20(26)28-5-30-22(13)34/h4-7,9-11,14-18,35-37H,1-3,8H2,(H5-,25,26,27,28,29,30,38,39,40,41)/p+1/t9-,10-,11?,14?,15+,16?,17+,18-,23?,24?/m1/s1. The maximum absolute atomic E-state index is 13.8. The number of rotatable bonds is 11. The summed E-state index contributed by atoms with van der Waals surface area (Å²) in [5, 5.41) is 31.8. The fourth-order valence-electron chi connectivity index (χ4n) is 7.06. The van der Waals surface area contributed by atoms with E-state index in [9.17, 15) is 34.2 Å². The molecule has 1 saturated carbocycles. The van der Waals surface area contributed by atoms with Crippen LogP contribution in [0, 0.1) is 5.92 Å². The third-order valence-electron chi connectivity index (χ3n) is 9.20. The molecule has 8 rings (SSSR count). The Labute approximate surface area is 269 Å². The number of nitrogen functional groups attached to an aromatic ring is 2. The highest BCUT2D eigenvalue weighted by atomic mass is 31.2. The minimum Gasteiger partial charge on any atom is -0.394 e. The summed E-state index contributed by atoms with van der Waals surface area (Å²) in [6.45, 7) is -1.14. The van der Waals surface area contributed by atoms with Gasteiger partial charge < -0.3 is 59.7 Å². The van der Waals surface area contributed by atoms with Gasteiger partial charge in [-0.2, -0.15) is 4.89 Å². The largest absolute Gasteiger partial charge is 0.534 e. The number of hydrogen-bond acceptors (Lipinski definition) is 18. The molecule has 22 nitrogen and oxygen atoms in total. The monoisotopic (exact) mass is 711 g/mol. The molecular weight excluding hydrogens is 682 g/mol. The fourth-order valence-corrected chi connectivity index (χ4v) is 8.81. The van der Waals surface area contributed by atoms with Crippen LogP contribution in [0.25, 0.3) is 22.3 Å². The predicted molar refractivity (Wildman–Crippen MR) is 157 cm³/mol.